The summed E-state index contributed by atoms with van der Waals surface area (Å²) in [4.78, 5) is 0. The Morgan fingerprint density at radius 3 is 1.19 bits per heavy atom. The molecule has 0 aliphatic heterocycles. The minimum atomic E-state index is -0.403. The van der Waals surface area contributed by atoms with E-state index in [1.807, 2.05) is 19.1 Å². The molecule has 0 heterocycles. The van der Waals surface area contributed by atoms with Gasteiger partial charge in [-0.05, 0) is 6.42 Å². The third-order valence-electron chi connectivity index (χ3n) is 0.878. The monoisotopic (exact) mass is 220 g/mol. The Hall–Kier alpha value is -2.04. The van der Waals surface area contributed by atoms with Gasteiger partial charge in [-0.2, -0.15) is 21.0 Å². The summed E-state index contributed by atoms with van der Waals surface area (Å²) in [6, 6.07) is 6.99. The second-order valence-electron chi connectivity index (χ2n) is 2.42. The van der Waals surface area contributed by atoms with Crippen LogP contribution < -0.4 is 0 Å². The Morgan fingerprint density at radius 1 is 0.875 bits per heavy atom. The fraction of sp³-hybridized carbons (Fsp3) is 0.667. The van der Waals surface area contributed by atoms with E-state index in [2.05, 4.69) is 13.8 Å². The SMILES string of the molecule is C.CCC.CCC(C#N)C#N.N#CCC#N. The van der Waals surface area contributed by atoms with E-state index < -0.39 is 5.92 Å². The van der Waals surface area contributed by atoms with Crippen LogP contribution in [0.15, 0.2) is 0 Å². The van der Waals surface area contributed by atoms with Crippen LogP contribution in [0.3, 0.4) is 0 Å². The maximum atomic E-state index is 8.05. The molecule has 0 saturated heterocycles. The highest BCUT2D eigenvalue weighted by molar-refractivity contribution is 4.97. The van der Waals surface area contributed by atoms with Crippen molar-refractivity contribution in [3.63, 3.8) is 0 Å². The number of hydrogen-bond donors (Lipinski definition) is 0. The van der Waals surface area contributed by atoms with Crippen molar-refractivity contribution in [2.24, 2.45) is 5.92 Å². The van der Waals surface area contributed by atoms with E-state index in [0.29, 0.717) is 6.42 Å². The van der Waals surface area contributed by atoms with Gasteiger partial charge in [0.2, 0.25) is 0 Å². The predicted molar refractivity (Wildman–Crippen MR) is 63.5 cm³/mol. The Balaban J connectivity index is -0.0000000710. The summed E-state index contributed by atoms with van der Waals surface area (Å²) in [5, 5.41) is 31.3. The lowest BCUT2D eigenvalue weighted by molar-refractivity contribution is 0.802. The molecule has 0 radical (unpaired) electrons. The maximum absolute atomic E-state index is 8.05. The molecule has 0 bridgehead atoms. The van der Waals surface area contributed by atoms with Crippen LogP contribution in [0.5, 0.6) is 0 Å². The van der Waals surface area contributed by atoms with Gasteiger partial charge in [0.05, 0.1) is 24.3 Å². The number of rotatable bonds is 1. The first-order valence-corrected chi connectivity index (χ1v) is 4.71. The normalized spacial score (nSPS) is 5.75. The van der Waals surface area contributed by atoms with Crippen LogP contribution in [0.25, 0.3) is 0 Å². The van der Waals surface area contributed by atoms with Crippen LogP contribution in [0.1, 0.15) is 47.5 Å². The molecule has 16 heavy (non-hydrogen) atoms. The van der Waals surface area contributed by atoms with Crippen molar-refractivity contribution in [1.82, 2.24) is 0 Å². The van der Waals surface area contributed by atoms with Crippen LogP contribution in [0, 0.1) is 51.2 Å². The Kier molecular flexibility index (Phi) is 43.2. The first-order valence-electron chi connectivity index (χ1n) is 4.71. The van der Waals surface area contributed by atoms with Crippen molar-refractivity contribution in [1.29, 1.82) is 21.0 Å². The summed E-state index contributed by atoms with van der Waals surface area (Å²) in [7, 11) is 0. The van der Waals surface area contributed by atoms with Gasteiger partial charge in [-0.3, -0.25) is 0 Å². The van der Waals surface area contributed by atoms with Gasteiger partial charge in [-0.25, -0.2) is 0 Å². The second-order valence-corrected chi connectivity index (χ2v) is 2.42. The van der Waals surface area contributed by atoms with Gasteiger partial charge in [0.1, 0.15) is 12.3 Å². The summed E-state index contributed by atoms with van der Waals surface area (Å²) < 4.78 is 0. The molecule has 0 unspecified atom stereocenters. The van der Waals surface area contributed by atoms with Crippen molar-refractivity contribution in [2.45, 2.75) is 47.5 Å². The topological polar surface area (TPSA) is 95.2 Å². The molecule has 0 aromatic rings. The fourth-order valence-electron chi connectivity index (χ4n) is 0.247. The molecule has 0 N–H and O–H groups in total. The van der Waals surface area contributed by atoms with Gasteiger partial charge in [-0.1, -0.05) is 34.6 Å². The van der Waals surface area contributed by atoms with E-state index in [-0.39, 0.29) is 13.8 Å². The molecular formula is C12H20N4. The molecule has 0 rings (SSSR count). The molecule has 0 aromatic carbocycles. The van der Waals surface area contributed by atoms with E-state index in [4.69, 9.17) is 21.0 Å². The van der Waals surface area contributed by atoms with Crippen LogP contribution in [0.4, 0.5) is 0 Å². The highest BCUT2D eigenvalue weighted by atomic mass is 14.3. The first kappa shape index (κ1) is 23.6. The largest absolute Gasteiger partial charge is 0.197 e. The molecule has 0 amide bonds. The van der Waals surface area contributed by atoms with Gasteiger partial charge >= 0.3 is 0 Å². The molecule has 0 aliphatic rings. The molecular weight excluding hydrogens is 200 g/mol. The minimum Gasteiger partial charge on any atom is -0.197 e. The summed E-state index contributed by atoms with van der Waals surface area (Å²) in [6.07, 6.45) is 1.88. The Morgan fingerprint density at radius 2 is 1.19 bits per heavy atom. The highest BCUT2D eigenvalue weighted by Crippen LogP contribution is 1.94. The van der Waals surface area contributed by atoms with Gasteiger partial charge in [0, 0.05) is 0 Å². The number of hydrogen-bond acceptors (Lipinski definition) is 4. The molecule has 4 nitrogen and oxygen atoms in total. The number of nitrogens with zero attached hydrogens (tertiary/aromatic N) is 4. The maximum Gasteiger partial charge on any atom is 0.133 e. The molecule has 0 aliphatic carbocycles. The standard InChI is InChI=1S/C5H6N2.C3H2N2.C3H8.CH4/c1-2-5(3-6)4-7;4-2-1-3-5;1-3-2;/h5H,2H2,1H3;1H2;3H2,1-2H3;1H4. The fourth-order valence-corrected chi connectivity index (χ4v) is 0.247. The van der Waals surface area contributed by atoms with Crippen LogP contribution >= 0.6 is 0 Å². The van der Waals surface area contributed by atoms with Gasteiger partial charge < -0.3 is 0 Å². The van der Waals surface area contributed by atoms with Crippen LogP contribution in [-0.4, -0.2) is 0 Å². The summed E-state index contributed by atoms with van der Waals surface area (Å²) >= 11 is 0. The van der Waals surface area contributed by atoms with Gasteiger partial charge in [-0.15, -0.1) is 0 Å². The quantitative estimate of drug-likeness (QED) is 0.675. The van der Waals surface area contributed by atoms with E-state index >= 15 is 0 Å². The molecule has 0 saturated carbocycles. The molecule has 0 spiro atoms. The first-order chi connectivity index (χ1) is 7.17. The highest BCUT2D eigenvalue weighted by Gasteiger charge is 1.96. The molecule has 4 heteroatoms. The van der Waals surface area contributed by atoms with Crippen molar-refractivity contribution < 1.29 is 0 Å². The summed E-state index contributed by atoms with van der Waals surface area (Å²) in [5.74, 6) is -0.403. The molecule has 88 valence electrons. The lowest BCUT2D eigenvalue weighted by atomic mass is 10.1. The zero-order valence-electron chi connectivity index (χ0n) is 9.49. The third kappa shape index (κ3) is 40.4. The smallest absolute Gasteiger partial charge is 0.133 e. The minimum absolute atomic E-state index is 0. The lowest BCUT2D eigenvalue weighted by Gasteiger charge is -1.84. The Labute approximate surface area is 99.3 Å². The van der Waals surface area contributed by atoms with Crippen molar-refractivity contribution in [2.75, 3.05) is 0 Å². The van der Waals surface area contributed by atoms with E-state index in [0.717, 1.165) is 0 Å². The zero-order chi connectivity index (χ0) is 12.5. The van der Waals surface area contributed by atoms with Gasteiger partial charge in [0.25, 0.3) is 0 Å². The molecule has 0 fully saturated rings. The molecule has 0 aromatic heterocycles. The lowest BCUT2D eigenvalue weighted by Crippen LogP contribution is -1.86. The second kappa shape index (κ2) is 29.3. The Bertz CT molecular complexity index is 243. The van der Waals surface area contributed by atoms with Crippen LogP contribution in [0.2, 0.25) is 0 Å². The zero-order valence-corrected chi connectivity index (χ0v) is 9.49. The van der Waals surface area contributed by atoms with E-state index in [1.165, 1.54) is 6.42 Å². The van der Waals surface area contributed by atoms with Crippen LogP contribution in [-0.2, 0) is 0 Å². The van der Waals surface area contributed by atoms with Crippen molar-refractivity contribution in [3.8, 4) is 24.3 Å². The average Bonchev–Trinajstić information content (AvgIpc) is 2.24. The summed E-state index contributed by atoms with van der Waals surface area (Å²) in [5.41, 5.74) is 0. The average molecular weight is 220 g/mol. The van der Waals surface area contributed by atoms with Gasteiger partial charge in [0.15, 0.2) is 0 Å². The van der Waals surface area contributed by atoms with Crippen molar-refractivity contribution >= 4 is 0 Å². The van der Waals surface area contributed by atoms with E-state index in [1.54, 1.807) is 12.1 Å². The molecule has 0 atom stereocenters. The number of nitriles is 4. The van der Waals surface area contributed by atoms with Crippen molar-refractivity contribution in [3.05, 3.63) is 0 Å². The third-order valence-corrected chi connectivity index (χ3v) is 0.878. The summed E-state index contributed by atoms with van der Waals surface area (Å²) in [6.45, 7) is 6.07. The predicted octanol–water partition coefficient (Wildman–Crippen LogP) is 3.54. The van der Waals surface area contributed by atoms with E-state index in [9.17, 15) is 0 Å².